The van der Waals surface area contributed by atoms with E-state index in [0.29, 0.717) is 5.11 Å². The maximum absolute atomic E-state index is 5.84. The van der Waals surface area contributed by atoms with Crippen LogP contribution in [0.3, 0.4) is 0 Å². The number of methoxy groups -OCH3 is 1. The van der Waals surface area contributed by atoms with Crippen LogP contribution < -0.4 is 15.0 Å². The van der Waals surface area contributed by atoms with Gasteiger partial charge >= 0.3 is 0 Å². The van der Waals surface area contributed by atoms with Gasteiger partial charge in [-0.2, -0.15) is 0 Å². The predicted molar refractivity (Wildman–Crippen MR) is 131 cm³/mol. The smallest absolute Gasteiger partial charge is 0.174 e. The molecule has 0 aliphatic carbocycles. The van der Waals surface area contributed by atoms with Gasteiger partial charge in [-0.25, -0.2) is 0 Å². The van der Waals surface area contributed by atoms with Crippen LogP contribution in [0.25, 0.3) is 5.69 Å². The molecule has 0 bridgehead atoms. The van der Waals surface area contributed by atoms with Crippen LogP contribution in [0, 0.1) is 6.92 Å². The first kappa shape index (κ1) is 20.3. The lowest BCUT2D eigenvalue weighted by atomic mass is 10.0. The lowest BCUT2D eigenvalue weighted by molar-refractivity contribution is 0.414. The second kappa shape index (κ2) is 8.48. The molecule has 32 heavy (non-hydrogen) atoms. The first-order valence-electron chi connectivity index (χ1n) is 10.6. The van der Waals surface area contributed by atoms with Gasteiger partial charge in [0.25, 0.3) is 0 Å². The van der Waals surface area contributed by atoms with Crippen molar-refractivity contribution in [3.63, 3.8) is 0 Å². The molecule has 0 amide bonds. The van der Waals surface area contributed by atoms with E-state index >= 15 is 0 Å². The van der Waals surface area contributed by atoms with Crippen molar-refractivity contribution in [1.82, 2.24) is 14.9 Å². The molecular weight excluding hydrogens is 416 g/mol. The van der Waals surface area contributed by atoms with Crippen molar-refractivity contribution in [3.05, 3.63) is 108 Å². The Labute approximate surface area is 193 Å². The van der Waals surface area contributed by atoms with Crippen LogP contribution in [0.5, 0.6) is 5.75 Å². The summed E-state index contributed by atoms with van der Waals surface area (Å²) in [4.78, 5) is 6.85. The molecular formula is C26H24N4OS. The Bertz CT molecular complexity index is 1220. The van der Waals surface area contributed by atoms with Crippen LogP contribution >= 0.6 is 12.2 Å². The molecule has 0 saturated carbocycles. The summed E-state index contributed by atoms with van der Waals surface area (Å²) in [6, 6.07) is 28.6. The van der Waals surface area contributed by atoms with E-state index in [1.54, 1.807) is 7.11 Å². The Morgan fingerprint density at radius 3 is 2.31 bits per heavy atom. The van der Waals surface area contributed by atoms with Gasteiger partial charge in [-0.05, 0) is 79.8 Å². The van der Waals surface area contributed by atoms with Crippen molar-refractivity contribution in [2.45, 2.75) is 19.0 Å². The SMILES string of the molecule is COc1ccc(-n2c(C)ccc2[C@@H]2[C@@H](c3ccccn3)NC(=S)N2c2ccccc2)cc1. The van der Waals surface area contributed by atoms with Crippen LogP contribution in [0.15, 0.2) is 91.1 Å². The molecule has 6 heteroatoms. The van der Waals surface area contributed by atoms with Gasteiger partial charge in [-0.1, -0.05) is 24.3 Å². The molecule has 5 nitrogen and oxygen atoms in total. The van der Waals surface area contributed by atoms with Gasteiger partial charge in [-0.3, -0.25) is 4.98 Å². The number of pyridine rings is 1. The van der Waals surface area contributed by atoms with Crippen molar-refractivity contribution in [1.29, 1.82) is 0 Å². The fraction of sp³-hybridized carbons (Fsp3) is 0.154. The Kier molecular flexibility index (Phi) is 5.37. The summed E-state index contributed by atoms with van der Waals surface area (Å²) < 4.78 is 7.64. The number of hydrogen-bond donors (Lipinski definition) is 1. The minimum absolute atomic E-state index is 0.0735. The van der Waals surface area contributed by atoms with Gasteiger partial charge in [0.15, 0.2) is 5.11 Å². The molecule has 1 fully saturated rings. The number of hydrogen-bond acceptors (Lipinski definition) is 3. The van der Waals surface area contributed by atoms with Crippen LogP contribution in [0.1, 0.15) is 29.2 Å². The molecule has 0 radical (unpaired) electrons. The van der Waals surface area contributed by atoms with E-state index in [2.05, 4.69) is 69.2 Å². The van der Waals surface area contributed by atoms with Crippen LogP contribution in [-0.2, 0) is 0 Å². The topological polar surface area (TPSA) is 42.3 Å². The molecule has 5 rings (SSSR count). The van der Waals surface area contributed by atoms with E-state index in [9.17, 15) is 0 Å². The second-order valence-corrected chi connectivity index (χ2v) is 8.15. The molecule has 0 spiro atoms. The van der Waals surface area contributed by atoms with Crippen molar-refractivity contribution >= 4 is 23.0 Å². The van der Waals surface area contributed by atoms with Gasteiger partial charge < -0.3 is 19.5 Å². The lowest BCUT2D eigenvalue weighted by Crippen LogP contribution is -2.30. The number of anilines is 1. The summed E-state index contributed by atoms with van der Waals surface area (Å²) in [6.07, 6.45) is 1.83. The summed E-state index contributed by atoms with van der Waals surface area (Å²) in [5, 5.41) is 4.23. The maximum atomic E-state index is 5.84. The van der Waals surface area contributed by atoms with Gasteiger partial charge in [0.05, 0.1) is 18.8 Å². The molecule has 2 aromatic heterocycles. The van der Waals surface area contributed by atoms with Gasteiger partial charge in [0, 0.05) is 29.0 Å². The number of para-hydroxylation sites is 1. The zero-order valence-electron chi connectivity index (χ0n) is 18.0. The standard InChI is InChI=1S/C26H24N4OS/c1-18-11-16-23(29(18)20-12-14-21(31-2)15-13-20)25-24(22-10-6-7-17-27-22)28-26(32)30(25)19-8-4-3-5-9-19/h3-17,24-25H,1-2H3,(H,28,32)/t24-,25-/m1/s1. The number of rotatable bonds is 5. The number of aromatic nitrogens is 2. The number of benzene rings is 2. The van der Waals surface area contributed by atoms with Crippen molar-refractivity contribution in [2.24, 2.45) is 0 Å². The fourth-order valence-electron chi connectivity index (χ4n) is 4.40. The molecule has 1 aliphatic rings. The van der Waals surface area contributed by atoms with E-state index in [1.165, 1.54) is 0 Å². The molecule has 1 saturated heterocycles. The molecule has 0 unspecified atom stereocenters. The molecule has 2 atom stereocenters. The van der Waals surface area contributed by atoms with Crippen LogP contribution in [0.2, 0.25) is 0 Å². The second-order valence-electron chi connectivity index (χ2n) is 7.77. The minimum atomic E-state index is -0.0878. The molecule has 3 heterocycles. The van der Waals surface area contributed by atoms with Gasteiger partial charge in [0.2, 0.25) is 0 Å². The lowest BCUT2D eigenvalue weighted by Gasteiger charge is -2.29. The largest absolute Gasteiger partial charge is 0.497 e. The zero-order chi connectivity index (χ0) is 22.1. The summed E-state index contributed by atoms with van der Waals surface area (Å²) >= 11 is 5.84. The monoisotopic (exact) mass is 440 g/mol. The number of nitrogens with zero attached hydrogens (tertiary/aromatic N) is 3. The quantitative estimate of drug-likeness (QED) is 0.423. The van der Waals surface area contributed by atoms with Crippen molar-refractivity contribution in [2.75, 3.05) is 12.0 Å². The Hall–Kier alpha value is -3.64. The third-order valence-electron chi connectivity index (χ3n) is 5.87. The van der Waals surface area contributed by atoms with E-state index < -0.39 is 0 Å². The summed E-state index contributed by atoms with van der Waals surface area (Å²) in [5.41, 5.74) is 5.37. The Balaban J connectivity index is 1.68. The molecule has 160 valence electrons. The van der Waals surface area contributed by atoms with Crippen LogP contribution in [-0.4, -0.2) is 21.8 Å². The minimum Gasteiger partial charge on any atom is -0.497 e. The average molecular weight is 441 g/mol. The zero-order valence-corrected chi connectivity index (χ0v) is 18.8. The Morgan fingerprint density at radius 2 is 1.62 bits per heavy atom. The van der Waals surface area contributed by atoms with Gasteiger partial charge in [0.1, 0.15) is 11.8 Å². The number of aryl methyl sites for hydroxylation is 1. The average Bonchev–Trinajstić information content (AvgIpc) is 3.39. The predicted octanol–water partition coefficient (Wildman–Crippen LogP) is 5.37. The summed E-state index contributed by atoms with van der Waals surface area (Å²) in [5.74, 6) is 0.834. The van der Waals surface area contributed by atoms with Crippen molar-refractivity contribution in [3.8, 4) is 11.4 Å². The Morgan fingerprint density at radius 1 is 0.875 bits per heavy atom. The highest BCUT2D eigenvalue weighted by Crippen LogP contribution is 2.42. The van der Waals surface area contributed by atoms with E-state index in [4.69, 9.17) is 17.0 Å². The number of thiocarbonyl (C=S) groups is 1. The number of nitrogens with one attached hydrogen (secondary N) is 1. The van der Waals surface area contributed by atoms with E-state index in [-0.39, 0.29) is 12.1 Å². The van der Waals surface area contributed by atoms with E-state index in [0.717, 1.165) is 34.2 Å². The molecule has 1 aliphatic heterocycles. The van der Waals surface area contributed by atoms with E-state index in [1.807, 2.05) is 48.7 Å². The highest BCUT2D eigenvalue weighted by molar-refractivity contribution is 7.80. The van der Waals surface area contributed by atoms with Crippen molar-refractivity contribution < 1.29 is 4.74 Å². The third kappa shape index (κ3) is 3.52. The number of ether oxygens (including phenoxy) is 1. The maximum Gasteiger partial charge on any atom is 0.174 e. The fourth-order valence-corrected chi connectivity index (χ4v) is 4.74. The normalized spacial score (nSPS) is 17.9. The first-order valence-corrected chi connectivity index (χ1v) is 11.0. The highest BCUT2D eigenvalue weighted by Gasteiger charge is 2.42. The van der Waals surface area contributed by atoms with Crippen LogP contribution in [0.4, 0.5) is 5.69 Å². The molecule has 2 aromatic carbocycles. The van der Waals surface area contributed by atoms with Gasteiger partial charge in [-0.15, -0.1) is 0 Å². The summed E-state index contributed by atoms with van der Waals surface area (Å²) in [6.45, 7) is 2.12. The molecule has 1 N–H and O–H groups in total. The third-order valence-corrected chi connectivity index (χ3v) is 6.19. The first-order chi connectivity index (χ1) is 15.7. The highest BCUT2D eigenvalue weighted by atomic mass is 32.1. The molecule has 4 aromatic rings. The summed E-state index contributed by atoms with van der Waals surface area (Å²) in [7, 11) is 1.68.